The molecule has 0 amide bonds. The van der Waals surface area contributed by atoms with E-state index in [1.165, 1.54) is 25.7 Å². The molecule has 2 rings (SSSR count). The molecule has 0 aliphatic heterocycles. The Morgan fingerprint density at radius 1 is 1.42 bits per heavy atom. The fourth-order valence-electron chi connectivity index (χ4n) is 2.80. The third kappa shape index (κ3) is 4.81. The van der Waals surface area contributed by atoms with Crippen LogP contribution in [-0.4, -0.2) is 21.7 Å². The van der Waals surface area contributed by atoms with Gasteiger partial charge in [0.05, 0.1) is 11.7 Å². The van der Waals surface area contributed by atoms with Gasteiger partial charge in [-0.05, 0) is 31.2 Å². The normalized spacial score (nSPS) is 18.3. The van der Waals surface area contributed by atoms with Crippen LogP contribution >= 0.6 is 11.6 Å². The Hall–Kier alpha value is -0.540. The molecule has 0 saturated heterocycles. The maximum atomic E-state index is 6.26. The van der Waals surface area contributed by atoms with E-state index in [1.54, 1.807) is 0 Å². The van der Waals surface area contributed by atoms with Gasteiger partial charge in [0, 0.05) is 24.7 Å². The number of rotatable bonds is 7. The molecule has 1 heterocycles. The number of alkyl halides is 1. The Labute approximate surface area is 121 Å². The van der Waals surface area contributed by atoms with E-state index in [0.717, 1.165) is 25.2 Å². The average Bonchev–Trinajstić information content (AvgIpc) is 2.97. The first-order valence-electron chi connectivity index (χ1n) is 7.54. The molecule has 1 atom stereocenters. The zero-order valence-electron chi connectivity index (χ0n) is 12.1. The lowest BCUT2D eigenvalue weighted by molar-refractivity contribution is 0.460. The second-order valence-electron chi connectivity index (χ2n) is 6.08. The fraction of sp³-hybridized carbons (Fsp3) is 0.800. The monoisotopic (exact) mass is 283 g/mol. The highest BCUT2D eigenvalue weighted by Gasteiger charge is 2.17. The maximum absolute atomic E-state index is 6.26. The highest BCUT2D eigenvalue weighted by atomic mass is 35.5. The Morgan fingerprint density at radius 3 is 2.84 bits per heavy atom. The van der Waals surface area contributed by atoms with Crippen molar-refractivity contribution in [1.29, 1.82) is 0 Å². The number of aromatic nitrogens is 2. The van der Waals surface area contributed by atoms with Crippen molar-refractivity contribution in [2.24, 2.45) is 5.92 Å². The van der Waals surface area contributed by atoms with Crippen LogP contribution in [0.1, 0.15) is 57.7 Å². The molecule has 3 nitrogen and oxygen atoms in total. The smallest absolute Gasteiger partial charge is 0.0762 e. The predicted octanol–water partition coefficient (Wildman–Crippen LogP) is 3.74. The van der Waals surface area contributed by atoms with Gasteiger partial charge in [0.25, 0.3) is 0 Å². The first-order valence-corrected chi connectivity index (χ1v) is 7.97. The summed E-state index contributed by atoms with van der Waals surface area (Å²) in [5, 5.41) is 8.28. The van der Waals surface area contributed by atoms with Crippen molar-refractivity contribution in [3.8, 4) is 0 Å². The molecule has 19 heavy (non-hydrogen) atoms. The van der Waals surface area contributed by atoms with Crippen molar-refractivity contribution >= 4 is 11.6 Å². The fourth-order valence-corrected chi connectivity index (χ4v) is 3.26. The molecule has 1 unspecified atom stereocenters. The molecule has 0 radical (unpaired) electrons. The summed E-state index contributed by atoms with van der Waals surface area (Å²) in [7, 11) is 0. The molecule has 0 bridgehead atoms. The van der Waals surface area contributed by atoms with Gasteiger partial charge in [-0.3, -0.25) is 4.68 Å². The molecule has 1 saturated carbocycles. The molecule has 0 aromatic carbocycles. The van der Waals surface area contributed by atoms with Crippen LogP contribution in [0.3, 0.4) is 0 Å². The van der Waals surface area contributed by atoms with Gasteiger partial charge >= 0.3 is 0 Å². The van der Waals surface area contributed by atoms with E-state index in [0.29, 0.717) is 12.0 Å². The standard InChI is InChI=1S/C15H26ClN3/c1-12(2)9-13(16)10-17-11-14-7-8-19(18-14)15-5-3-4-6-15/h7-8,12-13,15,17H,3-6,9-11H2,1-2H3. The minimum absolute atomic E-state index is 0.219. The zero-order chi connectivity index (χ0) is 13.7. The molecule has 1 aliphatic rings. The molecule has 0 spiro atoms. The first-order chi connectivity index (χ1) is 9.15. The number of nitrogens with zero attached hydrogens (tertiary/aromatic N) is 2. The topological polar surface area (TPSA) is 29.9 Å². The first kappa shape index (κ1) is 14.9. The summed E-state index contributed by atoms with van der Waals surface area (Å²) in [5.41, 5.74) is 1.13. The van der Waals surface area contributed by atoms with Crippen LogP contribution < -0.4 is 5.32 Å². The minimum Gasteiger partial charge on any atom is -0.310 e. The molecular weight excluding hydrogens is 258 g/mol. The van der Waals surface area contributed by atoms with E-state index in [-0.39, 0.29) is 5.38 Å². The lowest BCUT2D eigenvalue weighted by Gasteiger charge is -2.12. The third-order valence-electron chi connectivity index (χ3n) is 3.76. The average molecular weight is 284 g/mol. The van der Waals surface area contributed by atoms with Crippen LogP contribution in [0.25, 0.3) is 0 Å². The van der Waals surface area contributed by atoms with Gasteiger partial charge in [0.2, 0.25) is 0 Å². The van der Waals surface area contributed by atoms with Gasteiger partial charge in [-0.15, -0.1) is 11.6 Å². The van der Waals surface area contributed by atoms with E-state index in [1.807, 2.05) is 0 Å². The number of nitrogens with one attached hydrogen (secondary N) is 1. The number of halogens is 1. The van der Waals surface area contributed by atoms with Crippen molar-refractivity contribution in [2.75, 3.05) is 6.54 Å². The molecule has 1 fully saturated rings. The van der Waals surface area contributed by atoms with Crippen LogP contribution in [0.4, 0.5) is 0 Å². The molecule has 1 aromatic rings. The lowest BCUT2D eigenvalue weighted by Crippen LogP contribution is -2.24. The van der Waals surface area contributed by atoms with Gasteiger partial charge in [-0.2, -0.15) is 5.10 Å². The second-order valence-corrected chi connectivity index (χ2v) is 6.70. The van der Waals surface area contributed by atoms with Crippen LogP contribution in [0.15, 0.2) is 12.3 Å². The summed E-state index contributed by atoms with van der Waals surface area (Å²) in [5.74, 6) is 0.658. The van der Waals surface area contributed by atoms with Gasteiger partial charge < -0.3 is 5.32 Å². The largest absolute Gasteiger partial charge is 0.310 e. The summed E-state index contributed by atoms with van der Waals surface area (Å²) in [6.07, 6.45) is 8.45. The summed E-state index contributed by atoms with van der Waals surface area (Å²) in [6.45, 7) is 6.09. The Bertz CT molecular complexity index is 369. The number of hydrogen-bond donors (Lipinski definition) is 1. The Kier molecular flexibility index (Phi) is 5.71. The summed E-state index contributed by atoms with van der Waals surface area (Å²) >= 11 is 6.26. The van der Waals surface area contributed by atoms with Crippen LogP contribution in [0.5, 0.6) is 0 Å². The highest BCUT2D eigenvalue weighted by molar-refractivity contribution is 6.20. The van der Waals surface area contributed by atoms with Crippen molar-refractivity contribution in [3.05, 3.63) is 18.0 Å². The highest BCUT2D eigenvalue weighted by Crippen LogP contribution is 2.28. The van der Waals surface area contributed by atoms with E-state index < -0.39 is 0 Å². The van der Waals surface area contributed by atoms with Gasteiger partial charge in [0.1, 0.15) is 0 Å². The van der Waals surface area contributed by atoms with E-state index in [2.05, 4.69) is 41.2 Å². The quantitative estimate of drug-likeness (QED) is 0.773. The summed E-state index contributed by atoms with van der Waals surface area (Å²) in [4.78, 5) is 0. The van der Waals surface area contributed by atoms with Gasteiger partial charge in [0.15, 0.2) is 0 Å². The summed E-state index contributed by atoms with van der Waals surface area (Å²) in [6, 6.07) is 2.76. The second kappa shape index (κ2) is 7.30. The van der Waals surface area contributed by atoms with E-state index in [4.69, 9.17) is 11.6 Å². The van der Waals surface area contributed by atoms with Gasteiger partial charge in [-0.25, -0.2) is 0 Å². The Morgan fingerprint density at radius 2 is 2.16 bits per heavy atom. The third-order valence-corrected chi connectivity index (χ3v) is 4.09. The molecule has 1 aliphatic carbocycles. The Balaban J connectivity index is 1.71. The molecule has 108 valence electrons. The SMILES string of the molecule is CC(C)CC(Cl)CNCc1ccn(C2CCCC2)n1. The zero-order valence-corrected chi connectivity index (χ0v) is 12.9. The van der Waals surface area contributed by atoms with E-state index in [9.17, 15) is 0 Å². The molecule has 1 aromatic heterocycles. The maximum Gasteiger partial charge on any atom is 0.0762 e. The van der Waals surface area contributed by atoms with Crippen molar-refractivity contribution < 1.29 is 0 Å². The van der Waals surface area contributed by atoms with Crippen molar-refractivity contribution in [2.45, 2.75) is 63.9 Å². The van der Waals surface area contributed by atoms with Crippen LogP contribution in [-0.2, 0) is 6.54 Å². The minimum atomic E-state index is 0.219. The summed E-state index contributed by atoms with van der Waals surface area (Å²) < 4.78 is 2.15. The van der Waals surface area contributed by atoms with Crippen molar-refractivity contribution in [1.82, 2.24) is 15.1 Å². The van der Waals surface area contributed by atoms with Crippen LogP contribution in [0, 0.1) is 5.92 Å². The molecule has 4 heteroatoms. The lowest BCUT2D eigenvalue weighted by atomic mass is 10.1. The molecule has 1 N–H and O–H groups in total. The van der Waals surface area contributed by atoms with Crippen LogP contribution in [0.2, 0.25) is 0 Å². The number of hydrogen-bond acceptors (Lipinski definition) is 2. The van der Waals surface area contributed by atoms with Crippen molar-refractivity contribution in [3.63, 3.8) is 0 Å². The predicted molar refractivity (Wildman–Crippen MR) is 80.5 cm³/mol. The van der Waals surface area contributed by atoms with Gasteiger partial charge in [-0.1, -0.05) is 26.7 Å². The van der Waals surface area contributed by atoms with E-state index >= 15 is 0 Å². The molecular formula is C15H26ClN3.